The first-order valence-electron chi connectivity index (χ1n) is 11.0. The summed E-state index contributed by atoms with van der Waals surface area (Å²) in [5.74, 6) is 3.83. The molecular weight excluding hydrogens is 394 g/mol. The van der Waals surface area contributed by atoms with Gasteiger partial charge in [-0.3, -0.25) is 0 Å². The van der Waals surface area contributed by atoms with Gasteiger partial charge in [-0.1, -0.05) is 66.8 Å². The highest BCUT2D eigenvalue weighted by molar-refractivity contribution is 5.82. The van der Waals surface area contributed by atoms with Crippen molar-refractivity contribution in [3.05, 3.63) is 112 Å². The van der Waals surface area contributed by atoms with Crippen molar-refractivity contribution < 1.29 is 9.47 Å². The fourth-order valence-corrected chi connectivity index (χ4v) is 5.16. The molecule has 0 bridgehead atoms. The zero-order chi connectivity index (χ0) is 21.2. The number of likely N-dealkylation sites (N-methyl/N-ethyl adjacent to an activating group) is 1. The van der Waals surface area contributed by atoms with Gasteiger partial charge in [-0.2, -0.15) is 0 Å². The summed E-state index contributed by atoms with van der Waals surface area (Å²) in [6.07, 6.45) is 13.2. The molecule has 0 amide bonds. The van der Waals surface area contributed by atoms with Gasteiger partial charge in [0.05, 0.1) is 6.04 Å². The topological polar surface area (TPSA) is 21.7 Å². The van der Waals surface area contributed by atoms with E-state index in [-0.39, 0.29) is 12.0 Å². The number of nitrogens with zero attached hydrogens (tertiary/aromatic N) is 1. The molecule has 32 heavy (non-hydrogen) atoms. The average molecular weight is 415 g/mol. The highest BCUT2D eigenvalue weighted by Crippen LogP contribution is 2.49. The van der Waals surface area contributed by atoms with Crippen LogP contribution in [0, 0.1) is 0 Å². The van der Waals surface area contributed by atoms with E-state index in [1.807, 2.05) is 36.4 Å². The molecule has 1 aliphatic carbocycles. The minimum Gasteiger partial charge on any atom is -0.456 e. The number of ether oxygens (including phenoxy) is 2. The standard InChI is InChI=1S/C29H21NO2/c1-30-24-14-20-12-10-18-6-2-4-8-26(18)31-28(20)16-22(24)23-17-29-21(15-25(23)30)13-11-19-7-3-5-9-27(19)32-29/h2-17,22,24H,1H3. The molecule has 0 saturated heterocycles. The van der Waals surface area contributed by atoms with Crippen LogP contribution >= 0.6 is 0 Å². The molecule has 7 rings (SSSR count). The van der Waals surface area contributed by atoms with Crippen molar-refractivity contribution in [1.82, 2.24) is 0 Å². The lowest BCUT2D eigenvalue weighted by Crippen LogP contribution is -2.30. The second-order valence-corrected chi connectivity index (χ2v) is 8.68. The van der Waals surface area contributed by atoms with E-state index in [9.17, 15) is 0 Å². The average Bonchev–Trinajstić information content (AvgIpc) is 2.97. The minimum absolute atomic E-state index is 0.212. The smallest absolute Gasteiger partial charge is 0.135 e. The van der Waals surface area contributed by atoms with E-state index in [4.69, 9.17) is 9.47 Å². The molecule has 0 fully saturated rings. The van der Waals surface area contributed by atoms with Crippen LogP contribution in [0.4, 0.5) is 5.69 Å². The Kier molecular flexibility index (Phi) is 3.59. The monoisotopic (exact) mass is 415 g/mol. The zero-order valence-electron chi connectivity index (χ0n) is 17.7. The lowest BCUT2D eigenvalue weighted by molar-refractivity contribution is 0.428. The van der Waals surface area contributed by atoms with Crippen molar-refractivity contribution in [2.45, 2.75) is 12.0 Å². The molecular formula is C29H21NO2. The number of rotatable bonds is 0. The van der Waals surface area contributed by atoms with Gasteiger partial charge in [0.15, 0.2) is 0 Å². The summed E-state index contributed by atoms with van der Waals surface area (Å²) in [5.41, 5.74) is 6.95. The summed E-state index contributed by atoms with van der Waals surface area (Å²) in [6, 6.07) is 21.1. The van der Waals surface area contributed by atoms with Crippen molar-refractivity contribution in [3.63, 3.8) is 0 Å². The molecule has 3 heterocycles. The molecule has 0 radical (unpaired) electrons. The molecule has 2 unspecified atom stereocenters. The number of para-hydroxylation sites is 2. The van der Waals surface area contributed by atoms with Gasteiger partial charge in [-0.05, 0) is 35.9 Å². The minimum atomic E-state index is 0.212. The lowest BCUT2D eigenvalue weighted by atomic mass is 9.87. The van der Waals surface area contributed by atoms with Crippen LogP contribution < -0.4 is 14.4 Å². The maximum atomic E-state index is 6.37. The van der Waals surface area contributed by atoms with E-state index in [1.165, 1.54) is 11.3 Å². The molecule has 3 aromatic carbocycles. The van der Waals surface area contributed by atoms with Crippen LogP contribution in [0.25, 0.3) is 18.2 Å². The van der Waals surface area contributed by atoms with Crippen molar-refractivity contribution in [1.29, 1.82) is 0 Å². The Morgan fingerprint density at radius 2 is 1.38 bits per heavy atom. The largest absolute Gasteiger partial charge is 0.456 e. The summed E-state index contributed by atoms with van der Waals surface area (Å²) >= 11 is 0. The molecule has 154 valence electrons. The number of anilines is 1. The van der Waals surface area contributed by atoms with Gasteiger partial charge in [-0.25, -0.2) is 0 Å². The molecule has 0 aromatic heterocycles. The van der Waals surface area contributed by atoms with E-state index in [1.54, 1.807) is 0 Å². The molecule has 3 aromatic rings. The molecule has 0 N–H and O–H groups in total. The van der Waals surface area contributed by atoms with Gasteiger partial charge in [0.25, 0.3) is 0 Å². The molecule has 3 heteroatoms. The van der Waals surface area contributed by atoms with Gasteiger partial charge >= 0.3 is 0 Å². The van der Waals surface area contributed by atoms with Crippen molar-refractivity contribution in [2.24, 2.45) is 0 Å². The van der Waals surface area contributed by atoms with E-state index < -0.39 is 0 Å². The van der Waals surface area contributed by atoms with E-state index in [0.29, 0.717) is 0 Å². The maximum absolute atomic E-state index is 6.37. The van der Waals surface area contributed by atoms with Crippen LogP contribution in [0.15, 0.2) is 90.2 Å². The van der Waals surface area contributed by atoms with Gasteiger partial charge in [0, 0.05) is 40.9 Å². The lowest BCUT2D eigenvalue weighted by Gasteiger charge is -2.27. The highest BCUT2D eigenvalue weighted by atomic mass is 16.5. The van der Waals surface area contributed by atoms with Gasteiger partial charge in [-0.15, -0.1) is 0 Å². The zero-order valence-corrected chi connectivity index (χ0v) is 17.7. The Labute approximate surface area is 187 Å². The first-order chi connectivity index (χ1) is 15.7. The third kappa shape index (κ3) is 2.54. The SMILES string of the molecule is CN1c2cc3c(cc2C2C=C4Oc5ccccc5C=CC4=CC21)Oc1ccccc1C=C3. The van der Waals surface area contributed by atoms with Gasteiger partial charge in [0.2, 0.25) is 0 Å². The number of benzene rings is 3. The predicted molar refractivity (Wildman–Crippen MR) is 129 cm³/mol. The third-order valence-electron chi connectivity index (χ3n) is 6.84. The molecule has 0 saturated carbocycles. The van der Waals surface area contributed by atoms with E-state index in [0.717, 1.165) is 45.3 Å². The second kappa shape index (κ2) is 6.51. The van der Waals surface area contributed by atoms with Gasteiger partial charge < -0.3 is 14.4 Å². The Morgan fingerprint density at radius 1 is 0.688 bits per heavy atom. The highest BCUT2D eigenvalue weighted by Gasteiger charge is 2.39. The molecule has 0 spiro atoms. The maximum Gasteiger partial charge on any atom is 0.135 e. The quantitative estimate of drug-likeness (QED) is 0.315. The fraction of sp³-hybridized carbons (Fsp3) is 0.103. The number of hydrogen-bond donors (Lipinski definition) is 0. The van der Waals surface area contributed by atoms with E-state index >= 15 is 0 Å². The first kappa shape index (κ1) is 17.7. The summed E-state index contributed by atoms with van der Waals surface area (Å²) < 4.78 is 12.7. The molecule has 2 atom stereocenters. The summed E-state index contributed by atoms with van der Waals surface area (Å²) in [4.78, 5) is 2.37. The van der Waals surface area contributed by atoms with E-state index in [2.05, 4.69) is 72.7 Å². The normalized spacial score (nSPS) is 21.2. The second-order valence-electron chi connectivity index (χ2n) is 8.68. The number of fused-ring (bicyclic) bond motifs is 7. The summed E-state index contributed by atoms with van der Waals surface area (Å²) in [6.45, 7) is 0. The Balaban J connectivity index is 1.33. The third-order valence-corrected chi connectivity index (χ3v) is 6.84. The van der Waals surface area contributed by atoms with Crippen LogP contribution in [0.3, 0.4) is 0 Å². The Bertz CT molecular complexity index is 1410. The van der Waals surface area contributed by atoms with Crippen molar-refractivity contribution >= 4 is 23.9 Å². The predicted octanol–water partition coefficient (Wildman–Crippen LogP) is 6.79. The molecule has 3 aliphatic heterocycles. The fourth-order valence-electron chi connectivity index (χ4n) is 5.16. The molecule has 3 nitrogen and oxygen atoms in total. The van der Waals surface area contributed by atoms with Crippen molar-refractivity contribution in [2.75, 3.05) is 11.9 Å². The number of hydrogen-bond acceptors (Lipinski definition) is 3. The first-order valence-corrected chi connectivity index (χ1v) is 11.0. The number of allylic oxidation sites excluding steroid dienone is 1. The van der Waals surface area contributed by atoms with Crippen LogP contribution in [0.2, 0.25) is 0 Å². The summed E-state index contributed by atoms with van der Waals surface area (Å²) in [5, 5.41) is 0. The van der Waals surface area contributed by atoms with Crippen LogP contribution in [0.1, 0.15) is 28.2 Å². The van der Waals surface area contributed by atoms with Crippen LogP contribution in [0.5, 0.6) is 17.2 Å². The van der Waals surface area contributed by atoms with Crippen LogP contribution in [-0.2, 0) is 0 Å². The Hall–Kier alpha value is -3.98. The molecule has 4 aliphatic rings. The Morgan fingerprint density at radius 3 is 2.19 bits per heavy atom. The summed E-state index contributed by atoms with van der Waals surface area (Å²) in [7, 11) is 2.18. The van der Waals surface area contributed by atoms with Crippen molar-refractivity contribution in [3.8, 4) is 17.2 Å². The van der Waals surface area contributed by atoms with Crippen LogP contribution in [-0.4, -0.2) is 13.1 Å². The van der Waals surface area contributed by atoms with Gasteiger partial charge in [0.1, 0.15) is 23.0 Å².